The standard InChI is InChI=1S/C27H24NO2P/c1-30-23-19-17-22(18-20-23)27(29)21-28-31(24-11-5-2-6-12-24,25-13-7-3-8-14-25)26-15-9-4-10-16-26/h2-20H,21H2,1H3. The first-order valence-electron chi connectivity index (χ1n) is 10.2. The summed E-state index contributed by atoms with van der Waals surface area (Å²) in [7, 11) is -0.748. The molecule has 0 aliphatic rings. The van der Waals surface area contributed by atoms with E-state index in [1.807, 2.05) is 54.6 Å². The van der Waals surface area contributed by atoms with Gasteiger partial charge in [-0.1, -0.05) is 91.0 Å². The number of carbonyl (C=O) groups excluding carboxylic acids is 1. The van der Waals surface area contributed by atoms with Crippen LogP contribution in [0.3, 0.4) is 0 Å². The Balaban J connectivity index is 1.88. The third kappa shape index (κ3) is 4.38. The topological polar surface area (TPSA) is 38.7 Å². The molecule has 3 nitrogen and oxygen atoms in total. The van der Waals surface area contributed by atoms with E-state index in [0.717, 1.165) is 21.7 Å². The number of hydrogen-bond donors (Lipinski definition) is 0. The summed E-state index contributed by atoms with van der Waals surface area (Å²) >= 11 is 0. The Kier molecular flexibility index (Phi) is 6.45. The summed E-state index contributed by atoms with van der Waals surface area (Å²) in [5, 5.41) is 3.40. The molecule has 0 atom stereocenters. The average Bonchev–Trinajstić information content (AvgIpc) is 2.86. The smallest absolute Gasteiger partial charge is 0.184 e. The van der Waals surface area contributed by atoms with E-state index >= 15 is 0 Å². The highest BCUT2D eigenvalue weighted by molar-refractivity contribution is 7.87. The van der Waals surface area contributed by atoms with E-state index in [1.165, 1.54) is 0 Å². The Bertz CT molecular complexity index is 1090. The van der Waals surface area contributed by atoms with Crippen LogP contribution in [0.2, 0.25) is 0 Å². The normalized spacial score (nSPS) is 11.0. The Labute approximate surface area is 183 Å². The van der Waals surface area contributed by atoms with Crippen molar-refractivity contribution in [3.8, 4) is 5.75 Å². The van der Waals surface area contributed by atoms with E-state index in [9.17, 15) is 4.79 Å². The van der Waals surface area contributed by atoms with Crippen LogP contribution in [0.4, 0.5) is 0 Å². The molecule has 0 aromatic heterocycles. The van der Waals surface area contributed by atoms with Gasteiger partial charge in [0.2, 0.25) is 0 Å². The van der Waals surface area contributed by atoms with Gasteiger partial charge in [0, 0.05) is 21.5 Å². The molecule has 0 fully saturated rings. The summed E-state index contributed by atoms with van der Waals surface area (Å²) in [6.45, 7) is 0.110. The third-order valence-corrected chi connectivity index (χ3v) is 8.93. The van der Waals surface area contributed by atoms with Gasteiger partial charge in [-0.2, -0.15) is 0 Å². The molecule has 4 rings (SSSR count). The third-order valence-electron chi connectivity index (χ3n) is 5.23. The molecule has 0 saturated heterocycles. The fraction of sp³-hybridized carbons (Fsp3) is 0.0741. The molecular formula is C27H24NO2P. The molecule has 0 radical (unpaired) electrons. The van der Waals surface area contributed by atoms with Crippen molar-refractivity contribution in [1.82, 2.24) is 0 Å². The zero-order valence-electron chi connectivity index (χ0n) is 17.4. The number of methoxy groups -OCH3 is 1. The molecule has 0 bridgehead atoms. The number of carbonyl (C=O) groups is 1. The number of ketones is 1. The maximum Gasteiger partial charge on any atom is 0.184 e. The van der Waals surface area contributed by atoms with Gasteiger partial charge < -0.3 is 4.74 Å². The average molecular weight is 425 g/mol. The molecule has 0 spiro atoms. The summed E-state index contributed by atoms with van der Waals surface area (Å²) < 4.78 is 10.4. The van der Waals surface area contributed by atoms with Crippen LogP contribution >= 0.6 is 7.05 Å². The minimum Gasteiger partial charge on any atom is -0.497 e. The van der Waals surface area contributed by atoms with Gasteiger partial charge in [-0.3, -0.25) is 9.54 Å². The summed E-state index contributed by atoms with van der Waals surface area (Å²) in [6, 6.07) is 38.2. The van der Waals surface area contributed by atoms with Crippen molar-refractivity contribution >= 4 is 28.8 Å². The SMILES string of the molecule is COc1ccc(C(=O)CN=P(c2ccccc2)(c2ccccc2)c2ccccc2)cc1. The summed E-state index contributed by atoms with van der Waals surface area (Å²) in [5.41, 5.74) is 0.636. The minimum atomic E-state index is -2.36. The van der Waals surface area contributed by atoms with Gasteiger partial charge in [-0.25, -0.2) is 0 Å². The minimum absolute atomic E-state index is 0.00479. The molecule has 31 heavy (non-hydrogen) atoms. The molecule has 0 saturated carbocycles. The van der Waals surface area contributed by atoms with Gasteiger partial charge in [-0.05, 0) is 24.3 Å². The predicted octanol–water partition coefficient (Wildman–Crippen LogP) is 5.06. The first-order valence-corrected chi connectivity index (χ1v) is 11.9. The number of hydrogen-bond acceptors (Lipinski definition) is 3. The van der Waals surface area contributed by atoms with Gasteiger partial charge in [0.15, 0.2) is 5.78 Å². The molecule has 0 aliphatic carbocycles. The lowest BCUT2D eigenvalue weighted by Crippen LogP contribution is -2.26. The van der Waals surface area contributed by atoms with Gasteiger partial charge in [0.1, 0.15) is 12.3 Å². The Morgan fingerprint density at radius 3 is 1.48 bits per heavy atom. The Morgan fingerprint density at radius 2 is 1.10 bits per heavy atom. The maximum absolute atomic E-state index is 13.1. The van der Waals surface area contributed by atoms with Crippen LogP contribution in [-0.4, -0.2) is 19.4 Å². The van der Waals surface area contributed by atoms with E-state index in [2.05, 4.69) is 36.4 Å². The van der Waals surface area contributed by atoms with Crippen LogP contribution in [0, 0.1) is 0 Å². The summed E-state index contributed by atoms with van der Waals surface area (Å²) in [6.07, 6.45) is 0. The van der Waals surface area contributed by atoms with Crippen LogP contribution in [0.15, 0.2) is 120 Å². The van der Waals surface area contributed by atoms with Crippen LogP contribution in [0.25, 0.3) is 0 Å². The summed E-state index contributed by atoms with van der Waals surface area (Å²) in [5.74, 6) is 0.725. The summed E-state index contributed by atoms with van der Waals surface area (Å²) in [4.78, 5) is 13.1. The molecule has 0 N–H and O–H groups in total. The fourth-order valence-corrected chi connectivity index (χ4v) is 7.20. The molecule has 0 aliphatic heterocycles. The lowest BCUT2D eigenvalue weighted by atomic mass is 10.1. The zero-order chi connectivity index (χ0) is 21.5. The van der Waals surface area contributed by atoms with Gasteiger partial charge in [0.25, 0.3) is 0 Å². The van der Waals surface area contributed by atoms with E-state index in [1.54, 1.807) is 31.4 Å². The van der Waals surface area contributed by atoms with Gasteiger partial charge in [-0.15, -0.1) is 0 Å². The second-order valence-corrected chi connectivity index (χ2v) is 10.2. The lowest BCUT2D eigenvalue weighted by molar-refractivity contribution is 0.100. The maximum atomic E-state index is 13.1. The van der Waals surface area contributed by atoms with Crippen LogP contribution in [0.1, 0.15) is 10.4 Å². The van der Waals surface area contributed by atoms with Crippen molar-refractivity contribution in [3.63, 3.8) is 0 Å². The number of benzene rings is 4. The van der Waals surface area contributed by atoms with E-state index in [0.29, 0.717) is 5.56 Å². The fourth-order valence-electron chi connectivity index (χ4n) is 3.66. The highest BCUT2D eigenvalue weighted by Gasteiger charge is 2.27. The molecule has 4 aromatic carbocycles. The van der Waals surface area contributed by atoms with Crippen LogP contribution in [-0.2, 0) is 0 Å². The molecule has 0 unspecified atom stereocenters. The van der Waals surface area contributed by atoms with Crippen molar-refractivity contribution < 1.29 is 9.53 Å². The monoisotopic (exact) mass is 425 g/mol. The van der Waals surface area contributed by atoms with Crippen molar-refractivity contribution in [3.05, 3.63) is 121 Å². The second kappa shape index (κ2) is 9.59. The molecule has 0 heterocycles. The lowest BCUT2D eigenvalue weighted by Gasteiger charge is -2.27. The molecule has 154 valence electrons. The predicted molar refractivity (Wildman–Crippen MR) is 130 cm³/mol. The number of nitrogens with zero attached hydrogens (tertiary/aromatic N) is 1. The Hall–Kier alpha value is -3.42. The van der Waals surface area contributed by atoms with Crippen LogP contribution in [0.5, 0.6) is 5.75 Å². The van der Waals surface area contributed by atoms with Crippen molar-refractivity contribution in [2.24, 2.45) is 4.74 Å². The van der Waals surface area contributed by atoms with E-state index < -0.39 is 7.05 Å². The highest BCUT2D eigenvalue weighted by atomic mass is 31.2. The number of rotatable bonds is 7. The quantitative estimate of drug-likeness (QED) is 0.307. The molecule has 4 aromatic rings. The van der Waals surface area contributed by atoms with Crippen molar-refractivity contribution in [2.75, 3.05) is 13.7 Å². The zero-order valence-corrected chi connectivity index (χ0v) is 18.3. The first kappa shape index (κ1) is 20.8. The number of Topliss-reactive ketones (excluding diaryl/α,β-unsaturated/α-hetero) is 1. The largest absolute Gasteiger partial charge is 0.497 e. The van der Waals surface area contributed by atoms with Gasteiger partial charge in [0.05, 0.1) is 14.2 Å². The first-order chi connectivity index (χ1) is 15.2. The second-order valence-electron chi connectivity index (χ2n) is 7.09. The number of ether oxygens (including phenoxy) is 1. The van der Waals surface area contributed by atoms with E-state index in [-0.39, 0.29) is 12.3 Å². The Morgan fingerprint density at radius 1 is 0.677 bits per heavy atom. The van der Waals surface area contributed by atoms with Crippen molar-refractivity contribution in [2.45, 2.75) is 0 Å². The molecule has 4 heteroatoms. The highest BCUT2D eigenvalue weighted by Crippen LogP contribution is 2.46. The molecular weight excluding hydrogens is 401 g/mol. The van der Waals surface area contributed by atoms with Crippen LogP contribution < -0.4 is 20.7 Å². The van der Waals surface area contributed by atoms with E-state index in [4.69, 9.17) is 9.48 Å². The molecule has 0 amide bonds. The van der Waals surface area contributed by atoms with Gasteiger partial charge >= 0.3 is 0 Å². The van der Waals surface area contributed by atoms with Crippen molar-refractivity contribution in [1.29, 1.82) is 0 Å².